The maximum Gasteiger partial charge on any atom is 0.294 e. The molecule has 14 nitrogen and oxygen atoms in total. The van der Waals surface area contributed by atoms with Gasteiger partial charge in [-0.3, -0.25) is 28.1 Å². The number of likely N-dealkylation sites (N-methyl/N-ethyl adjacent to an activating group) is 1. The summed E-state index contributed by atoms with van der Waals surface area (Å²) in [6.07, 6.45) is 18.9. The third kappa shape index (κ3) is 12.7. The Morgan fingerprint density at radius 1 is 0.750 bits per heavy atom. The van der Waals surface area contributed by atoms with E-state index in [1.54, 1.807) is 54.1 Å². The number of aromatic nitrogens is 1. The van der Waals surface area contributed by atoms with Gasteiger partial charge in [0.25, 0.3) is 26.1 Å². The third-order valence-corrected chi connectivity index (χ3v) is 16.5. The van der Waals surface area contributed by atoms with Gasteiger partial charge < -0.3 is 15.0 Å². The van der Waals surface area contributed by atoms with E-state index in [4.69, 9.17) is 16.3 Å². The zero-order valence-electron chi connectivity index (χ0n) is 44.2. The van der Waals surface area contributed by atoms with Crippen LogP contribution < -0.4 is 15.0 Å². The van der Waals surface area contributed by atoms with E-state index >= 15 is 0 Å². The van der Waals surface area contributed by atoms with Crippen LogP contribution in [0.3, 0.4) is 0 Å². The van der Waals surface area contributed by atoms with Crippen LogP contribution in [-0.4, -0.2) is 85.1 Å². The predicted octanol–water partition coefficient (Wildman–Crippen LogP) is 11.6. The van der Waals surface area contributed by atoms with E-state index in [1.807, 2.05) is 96.2 Å². The highest BCUT2D eigenvalue weighted by Crippen LogP contribution is 2.48. The zero-order valence-corrected chi connectivity index (χ0v) is 46.6. The highest BCUT2D eigenvalue weighted by atomic mass is 35.5. The lowest BCUT2D eigenvalue weighted by Crippen LogP contribution is -2.28. The minimum Gasteiger partial charge on any atom is -0.497 e. The summed E-state index contributed by atoms with van der Waals surface area (Å²) in [4.78, 5) is 41.7. The molecule has 0 spiro atoms. The lowest BCUT2D eigenvalue weighted by atomic mass is 9.81. The third-order valence-electron chi connectivity index (χ3n) is 14.5. The quantitative estimate of drug-likeness (QED) is 0.0244. The lowest BCUT2D eigenvalue weighted by Gasteiger charge is -2.25. The number of carbonyl (C=O) groups excluding carboxylic acids is 3. The monoisotopic (exact) mass is 1090 g/mol. The van der Waals surface area contributed by atoms with Gasteiger partial charge in [0.1, 0.15) is 18.1 Å². The molecule has 0 saturated carbocycles. The Hall–Kier alpha value is -6.43. The van der Waals surface area contributed by atoms with Crippen molar-refractivity contribution in [3.63, 3.8) is 0 Å². The van der Waals surface area contributed by atoms with E-state index in [9.17, 15) is 40.3 Å². The number of unbranched alkanes of at least 4 members (excludes halogenated alkanes) is 4. The van der Waals surface area contributed by atoms with Gasteiger partial charge in [0.05, 0.1) is 27.8 Å². The molecule has 3 heterocycles. The van der Waals surface area contributed by atoms with Gasteiger partial charge in [-0.05, 0) is 143 Å². The average Bonchev–Trinajstić information content (AvgIpc) is 3.96. The number of carbonyl (C=O) groups is 3. The average molecular weight is 1090 g/mol. The number of rotatable bonds is 23. The minimum atomic E-state index is -4.43. The number of ketones is 1. The number of halogens is 1. The Morgan fingerprint density at radius 3 is 2.08 bits per heavy atom. The van der Waals surface area contributed by atoms with Crippen LogP contribution in [0.15, 0.2) is 137 Å². The van der Waals surface area contributed by atoms with Crippen LogP contribution in [0.4, 0.5) is 11.4 Å². The molecule has 1 aromatic heterocycles. The first-order chi connectivity index (χ1) is 36.0. The van der Waals surface area contributed by atoms with Crippen molar-refractivity contribution < 1.29 is 49.6 Å². The van der Waals surface area contributed by atoms with E-state index in [1.165, 1.54) is 24.3 Å². The molecule has 0 atom stereocenters. The minimum absolute atomic E-state index is 0.0295. The van der Waals surface area contributed by atoms with Crippen molar-refractivity contribution in [2.45, 2.75) is 120 Å². The van der Waals surface area contributed by atoms with Crippen LogP contribution in [0.2, 0.25) is 5.02 Å². The Bertz CT molecular complexity index is 3440. The molecule has 0 unspecified atom stereocenters. The molecule has 2 aliphatic heterocycles. The zero-order chi connectivity index (χ0) is 55.2. The molecule has 17 heteroatoms. The predicted molar refractivity (Wildman–Crippen MR) is 300 cm³/mol. The highest BCUT2D eigenvalue weighted by Gasteiger charge is 2.45. The van der Waals surface area contributed by atoms with Crippen molar-refractivity contribution in [1.29, 1.82) is 0 Å². The van der Waals surface area contributed by atoms with Crippen LogP contribution in [0.5, 0.6) is 5.75 Å². The molecular formula is C59H68ClN4O10S2+. The number of Topliss-reactive ketones (excluding diaryl/α,β-unsaturated/α-hetero) is 1. The maximum atomic E-state index is 13.7. The number of methoxy groups -OCH3 is 1. The summed E-state index contributed by atoms with van der Waals surface area (Å²) < 4.78 is 77.0. The van der Waals surface area contributed by atoms with Gasteiger partial charge in [-0.1, -0.05) is 62.2 Å². The maximum absolute atomic E-state index is 13.7. The van der Waals surface area contributed by atoms with Gasteiger partial charge in [0.15, 0.2) is 5.71 Å². The first-order valence-corrected chi connectivity index (χ1v) is 28.9. The van der Waals surface area contributed by atoms with Crippen LogP contribution in [-0.2, 0) is 47.1 Å². The second-order valence-corrected chi connectivity index (χ2v) is 23.6. The second-order valence-electron chi connectivity index (χ2n) is 20.3. The number of hydrogen-bond acceptors (Lipinski definition) is 9. The van der Waals surface area contributed by atoms with E-state index in [2.05, 4.69) is 14.8 Å². The van der Waals surface area contributed by atoms with Gasteiger partial charge in [-0.2, -0.15) is 21.4 Å². The SMILES string of the molecule is CCN1C(=CC=CC=CC=CC2=[N+](CCCCCC(=O)NCCCCCC(=O)Cc3c(C)n(C(=O)c4ccc(Cl)cc4)c4ccc(OC)cc34)c3ccc(S(=O)(=O)O)cc3C2(C)C)C(C)(C)c2cc(S(=O)(=O)O)ccc21. The van der Waals surface area contributed by atoms with Gasteiger partial charge in [-0.25, -0.2) is 0 Å². The van der Waals surface area contributed by atoms with Crippen LogP contribution in [0.1, 0.15) is 119 Å². The lowest BCUT2D eigenvalue weighted by molar-refractivity contribution is -0.438. The number of allylic oxidation sites excluding steroid dienone is 8. The van der Waals surface area contributed by atoms with Crippen molar-refractivity contribution in [3.8, 4) is 5.75 Å². The second kappa shape index (κ2) is 23.9. The molecule has 2 aliphatic rings. The summed E-state index contributed by atoms with van der Waals surface area (Å²) in [5.74, 6) is 0.460. The Balaban J connectivity index is 0.896. The molecule has 5 aromatic rings. The summed E-state index contributed by atoms with van der Waals surface area (Å²) in [5, 5.41) is 4.35. The Labute approximate surface area is 452 Å². The molecule has 7 rings (SSSR count). The van der Waals surface area contributed by atoms with Gasteiger partial charge in [0, 0.05) is 94.9 Å². The van der Waals surface area contributed by atoms with E-state index in [0.717, 1.165) is 70.5 Å². The molecule has 0 saturated heterocycles. The van der Waals surface area contributed by atoms with Gasteiger partial charge in [-0.15, -0.1) is 0 Å². The molecule has 402 valence electrons. The van der Waals surface area contributed by atoms with Gasteiger partial charge >= 0.3 is 0 Å². The number of amides is 1. The standard InChI is InChI=1S/C59H67ClN4O10S2/c1-8-62-52-32-29-45(75(68,69)70)38-49(52)58(3,4)54(62)21-15-10-9-11-16-22-55-59(5,6)50-39-46(76(71,72)73)30-33-53(50)63(55)35-19-13-17-23-56(66)61-34-18-12-14-20-43(65)36-47-40(2)64(51-31-28-44(74-7)37-48(47)51)57(67)41-24-26-42(60)27-25-41/h9-11,15-16,21-22,24-33,37-39H,8,12-14,17-20,23,34-36H2,1-7H3,(H2-,61,66,68,69,70,71,72,73)/p+1. The largest absolute Gasteiger partial charge is 0.497 e. The van der Waals surface area contributed by atoms with Crippen LogP contribution in [0.25, 0.3) is 10.9 Å². The molecule has 1 amide bonds. The summed E-state index contributed by atoms with van der Waals surface area (Å²) in [6, 6.07) is 21.6. The molecule has 3 N–H and O–H groups in total. The molecule has 0 bridgehead atoms. The van der Waals surface area contributed by atoms with E-state index in [-0.39, 0.29) is 33.8 Å². The summed E-state index contributed by atoms with van der Waals surface area (Å²) in [5.41, 5.74) is 6.80. The summed E-state index contributed by atoms with van der Waals surface area (Å²) >= 11 is 6.07. The number of ether oxygens (including phenoxy) is 1. The topological polar surface area (TPSA) is 192 Å². The first-order valence-electron chi connectivity index (χ1n) is 25.6. The fourth-order valence-corrected chi connectivity index (χ4v) is 11.6. The summed E-state index contributed by atoms with van der Waals surface area (Å²) in [6.45, 7) is 13.8. The van der Waals surface area contributed by atoms with E-state index < -0.39 is 31.1 Å². The number of anilines is 1. The van der Waals surface area contributed by atoms with Crippen molar-refractivity contribution >= 4 is 77.4 Å². The Kier molecular flexibility index (Phi) is 18.0. The number of fused-ring (bicyclic) bond motifs is 3. The molecule has 0 radical (unpaired) electrons. The number of nitrogens with zero attached hydrogens (tertiary/aromatic N) is 3. The molecule has 0 fully saturated rings. The van der Waals surface area contributed by atoms with Gasteiger partial charge in [0.2, 0.25) is 11.6 Å². The van der Waals surface area contributed by atoms with Crippen molar-refractivity contribution in [1.82, 2.24) is 9.88 Å². The Morgan fingerprint density at radius 2 is 1.39 bits per heavy atom. The molecular weight excluding hydrogens is 1020 g/mol. The normalized spacial score (nSPS) is 15.7. The fraction of sp³-hybridized carbons (Fsp3) is 0.356. The molecule has 4 aromatic carbocycles. The van der Waals surface area contributed by atoms with E-state index in [0.29, 0.717) is 72.9 Å². The number of benzene rings is 4. The highest BCUT2D eigenvalue weighted by molar-refractivity contribution is 7.86. The number of nitrogens with one attached hydrogen (secondary N) is 1. The molecule has 76 heavy (non-hydrogen) atoms. The van der Waals surface area contributed by atoms with Crippen molar-refractivity contribution in [2.75, 3.05) is 31.6 Å². The fourth-order valence-electron chi connectivity index (χ4n) is 10.5. The molecule has 0 aliphatic carbocycles. The van der Waals surface area contributed by atoms with Crippen molar-refractivity contribution in [2.24, 2.45) is 0 Å². The van der Waals surface area contributed by atoms with Crippen molar-refractivity contribution in [3.05, 3.63) is 160 Å². The van der Waals surface area contributed by atoms with Crippen LogP contribution in [0, 0.1) is 6.92 Å². The number of hydrogen-bond donors (Lipinski definition) is 3. The smallest absolute Gasteiger partial charge is 0.294 e. The summed E-state index contributed by atoms with van der Waals surface area (Å²) in [7, 11) is -7.21. The van der Waals surface area contributed by atoms with Crippen LogP contribution >= 0.6 is 11.6 Å². The first kappa shape index (κ1) is 57.3.